The number of carboxylic acid groups (broad SMARTS) is 3. The van der Waals surface area contributed by atoms with Crippen LogP contribution in [0.5, 0.6) is 0 Å². The summed E-state index contributed by atoms with van der Waals surface area (Å²) in [4.78, 5) is 49.7. The Labute approximate surface area is 143 Å². The first-order valence-electron chi connectivity index (χ1n) is 7.41. The number of aromatic amines is 1. The Balaban J connectivity index is 2.28. The zero-order chi connectivity index (χ0) is 18.7. The molecular weight excluding hydrogens is 344 g/mol. The summed E-state index contributed by atoms with van der Waals surface area (Å²) < 4.78 is 0. The maximum absolute atomic E-state index is 11.8. The molecule has 0 atom stereocenters. The second-order valence-electron chi connectivity index (χ2n) is 5.79. The maximum Gasteiger partial charge on any atom is 0.352 e. The number of nitrogens with zero attached hydrogens (tertiary/aromatic N) is 3. The molecule has 0 radical (unpaired) electrons. The van der Waals surface area contributed by atoms with Crippen LogP contribution in [-0.2, 0) is 9.59 Å². The van der Waals surface area contributed by atoms with Gasteiger partial charge < -0.3 is 20.3 Å². The number of amidine groups is 1. The predicted molar refractivity (Wildman–Crippen MR) is 89.2 cm³/mol. The third-order valence-corrected chi connectivity index (χ3v) is 4.18. The second kappa shape index (κ2) is 5.09. The monoisotopic (exact) mass is 354 g/mol. The van der Waals surface area contributed by atoms with Gasteiger partial charge in [-0.2, -0.15) is 0 Å². The molecule has 0 saturated carbocycles. The minimum atomic E-state index is -1.34. The predicted octanol–water partition coefficient (Wildman–Crippen LogP) is 0.345. The van der Waals surface area contributed by atoms with Crippen molar-refractivity contribution in [1.29, 1.82) is 0 Å². The number of fused-ring (bicyclic) bond motifs is 6. The smallest absolute Gasteiger partial charge is 0.352 e. The van der Waals surface area contributed by atoms with Crippen LogP contribution in [0, 0.1) is 0 Å². The highest BCUT2D eigenvalue weighted by Crippen LogP contribution is 2.31. The number of hydrogen-bond donors (Lipinski definition) is 4. The van der Waals surface area contributed by atoms with Gasteiger partial charge in [-0.15, -0.1) is 0 Å². The van der Waals surface area contributed by atoms with E-state index in [1.54, 1.807) is 6.92 Å². The number of carboxylic acids is 3. The van der Waals surface area contributed by atoms with Crippen LogP contribution in [0.15, 0.2) is 21.0 Å². The molecule has 4 N–H and O–H groups in total. The molecule has 0 unspecified atom stereocenters. The molecule has 3 heterocycles. The molecule has 0 aliphatic carbocycles. The number of aliphatic imine (C=N–C) groups is 2. The van der Waals surface area contributed by atoms with Crippen LogP contribution in [0.25, 0.3) is 16.5 Å². The first-order valence-corrected chi connectivity index (χ1v) is 7.41. The summed E-state index contributed by atoms with van der Waals surface area (Å²) >= 11 is 0. The minimum absolute atomic E-state index is 0.0629. The number of aromatic carboxylic acids is 1. The molecule has 0 saturated heterocycles. The van der Waals surface area contributed by atoms with Gasteiger partial charge in [0.15, 0.2) is 0 Å². The van der Waals surface area contributed by atoms with Gasteiger partial charge in [0.25, 0.3) is 0 Å². The quantitative estimate of drug-likeness (QED) is 0.620. The molecule has 2 aliphatic rings. The number of carbonyl (C=O) groups is 3. The van der Waals surface area contributed by atoms with Crippen LogP contribution in [0.4, 0.5) is 11.4 Å². The third kappa shape index (κ3) is 2.05. The fourth-order valence-corrected chi connectivity index (χ4v) is 3.14. The minimum Gasteiger partial charge on any atom is -0.478 e. The first-order chi connectivity index (χ1) is 12.3. The second-order valence-corrected chi connectivity index (χ2v) is 5.79. The fraction of sp³-hybridized carbons (Fsp3) is 0.125. The van der Waals surface area contributed by atoms with Gasteiger partial charge in [-0.05, 0) is 13.0 Å². The average Bonchev–Trinajstić information content (AvgIpc) is 3.17. The van der Waals surface area contributed by atoms with Crippen molar-refractivity contribution in [2.24, 2.45) is 15.0 Å². The molecule has 130 valence electrons. The molecule has 10 heteroatoms. The van der Waals surface area contributed by atoms with Crippen LogP contribution in [-0.4, -0.2) is 49.8 Å². The van der Waals surface area contributed by atoms with Gasteiger partial charge in [-0.1, -0.05) is 0 Å². The molecule has 0 fully saturated rings. The van der Waals surface area contributed by atoms with Gasteiger partial charge in [-0.25, -0.2) is 29.4 Å². The van der Waals surface area contributed by atoms with Gasteiger partial charge >= 0.3 is 17.9 Å². The van der Waals surface area contributed by atoms with Crippen LogP contribution < -0.4 is 10.6 Å². The summed E-state index contributed by atoms with van der Waals surface area (Å²) in [6.45, 7) is 1.62. The van der Waals surface area contributed by atoms with Crippen molar-refractivity contribution in [1.82, 2.24) is 4.98 Å². The topological polar surface area (TPSA) is 165 Å². The number of nitrogens with one attached hydrogen (secondary N) is 1. The largest absolute Gasteiger partial charge is 0.478 e. The average molecular weight is 354 g/mol. The van der Waals surface area contributed by atoms with Crippen molar-refractivity contribution in [2.75, 3.05) is 0 Å². The van der Waals surface area contributed by atoms with E-state index in [1.165, 1.54) is 6.07 Å². The van der Waals surface area contributed by atoms with Gasteiger partial charge in [0.2, 0.25) is 0 Å². The van der Waals surface area contributed by atoms with Crippen molar-refractivity contribution < 1.29 is 29.7 Å². The SMILES string of the molecule is CC1=Nc2c3c(c4[nH]c(C(=O)O)cc4c2=N1)=C(C(=O)O)CC(C(=O)O)=N3. The van der Waals surface area contributed by atoms with E-state index in [4.69, 9.17) is 0 Å². The first kappa shape index (κ1) is 15.7. The van der Waals surface area contributed by atoms with E-state index in [2.05, 4.69) is 20.0 Å². The Morgan fingerprint density at radius 1 is 1.00 bits per heavy atom. The third-order valence-electron chi connectivity index (χ3n) is 4.18. The molecule has 2 aromatic rings. The lowest BCUT2D eigenvalue weighted by Gasteiger charge is -2.13. The van der Waals surface area contributed by atoms with Crippen LogP contribution >= 0.6 is 0 Å². The number of rotatable bonds is 3. The van der Waals surface area contributed by atoms with Crippen LogP contribution in [0.2, 0.25) is 0 Å². The van der Waals surface area contributed by atoms with E-state index in [0.29, 0.717) is 16.6 Å². The van der Waals surface area contributed by atoms with Gasteiger partial charge in [0, 0.05) is 17.0 Å². The molecule has 2 aliphatic heterocycles. The number of benzene rings is 1. The summed E-state index contributed by atoms with van der Waals surface area (Å²) in [5, 5.41) is 29.0. The molecule has 4 rings (SSSR count). The van der Waals surface area contributed by atoms with Crippen LogP contribution in [0.1, 0.15) is 23.8 Å². The Morgan fingerprint density at radius 2 is 1.73 bits per heavy atom. The highest BCUT2D eigenvalue weighted by atomic mass is 16.4. The van der Waals surface area contributed by atoms with E-state index >= 15 is 0 Å². The van der Waals surface area contributed by atoms with E-state index < -0.39 is 24.3 Å². The van der Waals surface area contributed by atoms with Crippen molar-refractivity contribution >= 4 is 57.3 Å². The zero-order valence-electron chi connectivity index (χ0n) is 13.2. The lowest BCUT2D eigenvalue weighted by atomic mass is 9.98. The molecule has 0 bridgehead atoms. The lowest BCUT2D eigenvalue weighted by Crippen LogP contribution is -2.27. The van der Waals surface area contributed by atoms with E-state index in [9.17, 15) is 29.7 Å². The molecule has 0 amide bonds. The summed E-state index contributed by atoms with van der Waals surface area (Å²) in [7, 11) is 0. The molecule has 0 spiro atoms. The van der Waals surface area contributed by atoms with Crippen molar-refractivity contribution in [3.8, 4) is 0 Å². The lowest BCUT2D eigenvalue weighted by molar-refractivity contribution is -0.130. The summed E-state index contributed by atoms with van der Waals surface area (Å²) in [5.41, 5.74) is -0.144. The van der Waals surface area contributed by atoms with Gasteiger partial charge in [0.1, 0.15) is 34.0 Å². The maximum atomic E-state index is 11.8. The molecule has 1 aromatic heterocycles. The van der Waals surface area contributed by atoms with Crippen molar-refractivity contribution in [3.63, 3.8) is 0 Å². The Morgan fingerprint density at radius 3 is 2.35 bits per heavy atom. The van der Waals surface area contributed by atoms with E-state index in [-0.39, 0.29) is 39.1 Å². The Kier molecular flexibility index (Phi) is 3.07. The summed E-state index contributed by atoms with van der Waals surface area (Å²) in [6, 6.07) is 1.35. The molecular formula is C16H10N4O6. The summed E-state index contributed by atoms with van der Waals surface area (Å²) in [5.74, 6) is -3.50. The highest BCUT2D eigenvalue weighted by Gasteiger charge is 2.29. The van der Waals surface area contributed by atoms with Gasteiger partial charge in [0.05, 0.1) is 11.1 Å². The number of aromatic nitrogens is 1. The fourth-order valence-electron chi connectivity index (χ4n) is 3.14. The Bertz CT molecular complexity index is 1250. The number of hydrogen-bond acceptors (Lipinski definition) is 6. The molecule has 26 heavy (non-hydrogen) atoms. The zero-order valence-corrected chi connectivity index (χ0v) is 13.2. The van der Waals surface area contributed by atoms with E-state index in [1.807, 2.05) is 0 Å². The Hall–Kier alpha value is -3.82. The normalized spacial score (nSPS) is 15.0. The molecule has 1 aromatic carbocycles. The van der Waals surface area contributed by atoms with E-state index in [0.717, 1.165) is 0 Å². The van der Waals surface area contributed by atoms with Crippen molar-refractivity contribution in [3.05, 3.63) is 22.3 Å². The van der Waals surface area contributed by atoms with Crippen molar-refractivity contribution in [2.45, 2.75) is 13.3 Å². The number of H-pyrrole nitrogens is 1. The summed E-state index contributed by atoms with van der Waals surface area (Å²) in [6.07, 6.45) is -0.396. The molecule has 10 nitrogen and oxygen atoms in total. The highest BCUT2D eigenvalue weighted by molar-refractivity contribution is 6.40. The number of aliphatic carboxylic acids is 2. The standard InChI is InChI=1S/C16H10N4O6/c1-4-17-11-6-3-8(16(25)26)19-10(6)9-5(14(21)22)2-7(15(23)24)20-12(9)13(11)18-4/h3,19H,2H2,1H3,(H,21,22)(H,23,24)(H,25,26). The van der Waals surface area contributed by atoms with Crippen LogP contribution in [0.3, 0.4) is 0 Å². The van der Waals surface area contributed by atoms with Gasteiger partial charge in [-0.3, -0.25) is 0 Å².